The van der Waals surface area contributed by atoms with E-state index >= 15 is 0 Å². The van der Waals surface area contributed by atoms with E-state index in [-0.39, 0.29) is 0 Å². The molecule has 0 aromatic carbocycles. The summed E-state index contributed by atoms with van der Waals surface area (Å²) >= 11 is 0. The van der Waals surface area contributed by atoms with Crippen molar-refractivity contribution in [2.24, 2.45) is 5.92 Å². The molecule has 19 heavy (non-hydrogen) atoms. The molecule has 0 heterocycles. The zero-order chi connectivity index (χ0) is 14.2. The highest BCUT2D eigenvalue weighted by Gasteiger charge is 2.08. The van der Waals surface area contributed by atoms with Crippen LogP contribution in [0.1, 0.15) is 104 Å². The van der Waals surface area contributed by atoms with E-state index in [1.807, 2.05) is 0 Å². The van der Waals surface area contributed by atoms with Gasteiger partial charge in [0, 0.05) is 0 Å². The monoisotopic (exact) mass is 266 g/mol. The van der Waals surface area contributed by atoms with E-state index in [0.717, 1.165) is 5.92 Å². The van der Waals surface area contributed by atoms with Crippen molar-refractivity contribution in [2.75, 3.05) is 0 Å². The fraction of sp³-hybridized carbons (Fsp3) is 1.00. The Morgan fingerprint density at radius 1 is 0.579 bits per heavy atom. The van der Waals surface area contributed by atoms with Crippen molar-refractivity contribution in [3.05, 3.63) is 0 Å². The third-order valence-electron chi connectivity index (χ3n) is 4.40. The second-order valence-electron chi connectivity index (χ2n) is 6.41. The van der Waals surface area contributed by atoms with Gasteiger partial charge in [-0.15, -0.1) is 0 Å². The fourth-order valence-corrected chi connectivity index (χ4v) is 3.01. The lowest BCUT2D eigenvalue weighted by atomic mass is 9.89. The molecular formula is C18H39B. The van der Waals surface area contributed by atoms with Crippen molar-refractivity contribution in [3.63, 3.8) is 0 Å². The van der Waals surface area contributed by atoms with E-state index in [9.17, 15) is 0 Å². The van der Waals surface area contributed by atoms with Gasteiger partial charge in [-0.3, -0.25) is 0 Å². The summed E-state index contributed by atoms with van der Waals surface area (Å²) in [6, 6.07) is 0. The molecule has 0 aliphatic carbocycles. The third kappa shape index (κ3) is 14.3. The zero-order valence-corrected chi connectivity index (χ0v) is 14.2. The van der Waals surface area contributed by atoms with Gasteiger partial charge in [-0.2, -0.15) is 0 Å². The quantitative estimate of drug-likeness (QED) is 0.246. The van der Waals surface area contributed by atoms with E-state index in [0.29, 0.717) is 0 Å². The summed E-state index contributed by atoms with van der Waals surface area (Å²) in [6.07, 6.45) is 21.8. The van der Waals surface area contributed by atoms with E-state index in [1.165, 1.54) is 96.2 Å². The van der Waals surface area contributed by atoms with Crippen molar-refractivity contribution < 1.29 is 0 Å². The highest BCUT2D eigenvalue weighted by Crippen LogP contribution is 2.23. The number of rotatable bonds is 15. The molecule has 0 radical (unpaired) electrons. The maximum atomic E-state index is 2.32. The summed E-state index contributed by atoms with van der Waals surface area (Å²) in [7, 11) is 2.30. The first-order valence-electron chi connectivity index (χ1n) is 9.35. The van der Waals surface area contributed by atoms with Gasteiger partial charge in [0.15, 0.2) is 0 Å². The molecule has 0 amide bonds. The zero-order valence-electron chi connectivity index (χ0n) is 14.2. The molecule has 1 heteroatoms. The second kappa shape index (κ2) is 16.1. The lowest BCUT2D eigenvalue weighted by Gasteiger charge is -2.16. The first-order valence-corrected chi connectivity index (χ1v) is 9.35. The Balaban J connectivity index is 3.58. The Hall–Kier alpha value is 0.0649. The molecule has 0 aromatic heterocycles. The lowest BCUT2D eigenvalue weighted by Crippen LogP contribution is -2.01. The lowest BCUT2D eigenvalue weighted by molar-refractivity contribution is 0.370. The largest absolute Gasteiger partial charge is 0.101 e. The van der Waals surface area contributed by atoms with Gasteiger partial charge in [0.25, 0.3) is 0 Å². The van der Waals surface area contributed by atoms with Crippen LogP contribution in [0.5, 0.6) is 0 Å². The van der Waals surface area contributed by atoms with Crippen LogP contribution in [-0.2, 0) is 0 Å². The highest BCUT2D eigenvalue weighted by molar-refractivity contribution is 6.08. The molecule has 114 valence electrons. The van der Waals surface area contributed by atoms with Gasteiger partial charge in [0.1, 0.15) is 7.85 Å². The maximum absolute atomic E-state index is 2.32. The molecule has 0 aliphatic heterocycles. The van der Waals surface area contributed by atoms with Crippen LogP contribution in [0.4, 0.5) is 0 Å². The summed E-state index contributed by atoms with van der Waals surface area (Å²) in [4.78, 5) is 0. The van der Waals surface area contributed by atoms with Gasteiger partial charge in [0.05, 0.1) is 0 Å². The van der Waals surface area contributed by atoms with Crippen molar-refractivity contribution in [1.82, 2.24) is 0 Å². The van der Waals surface area contributed by atoms with E-state index in [1.54, 1.807) is 0 Å². The smallest absolute Gasteiger partial charge is 0.0811 e. The molecule has 0 nitrogen and oxygen atoms in total. The molecule has 0 saturated heterocycles. The number of unbranched alkanes of at least 4 members (excludes halogenated alkanes) is 8. The highest BCUT2D eigenvalue weighted by atomic mass is 14.1. The standard InChI is InChI=1S/C18H39B/c1-3-5-10-14-18(15-11-6-4-2)16-12-8-7-9-13-17-19/h18H,3-17,19H2,1-2H3. The summed E-state index contributed by atoms with van der Waals surface area (Å²) in [5.74, 6) is 1.05. The molecule has 0 unspecified atom stereocenters. The van der Waals surface area contributed by atoms with E-state index < -0.39 is 0 Å². The van der Waals surface area contributed by atoms with Crippen LogP contribution >= 0.6 is 0 Å². The molecule has 0 fully saturated rings. The van der Waals surface area contributed by atoms with Crippen molar-refractivity contribution in [2.45, 2.75) is 110 Å². The summed E-state index contributed by atoms with van der Waals surface area (Å²) < 4.78 is 0. The predicted molar refractivity (Wildman–Crippen MR) is 92.8 cm³/mol. The minimum atomic E-state index is 1.05. The minimum Gasteiger partial charge on any atom is -0.0811 e. The molecule has 0 saturated carbocycles. The van der Waals surface area contributed by atoms with Gasteiger partial charge in [0.2, 0.25) is 0 Å². The van der Waals surface area contributed by atoms with Crippen molar-refractivity contribution >= 4 is 7.85 Å². The van der Waals surface area contributed by atoms with Gasteiger partial charge in [-0.25, -0.2) is 0 Å². The van der Waals surface area contributed by atoms with Gasteiger partial charge < -0.3 is 0 Å². The average Bonchev–Trinajstić information content (AvgIpc) is 2.42. The van der Waals surface area contributed by atoms with Crippen LogP contribution < -0.4 is 0 Å². The van der Waals surface area contributed by atoms with Gasteiger partial charge in [-0.05, 0) is 5.92 Å². The van der Waals surface area contributed by atoms with Crippen LogP contribution in [0.2, 0.25) is 6.32 Å². The van der Waals surface area contributed by atoms with Crippen molar-refractivity contribution in [1.29, 1.82) is 0 Å². The molecular weight excluding hydrogens is 227 g/mol. The molecule has 0 spiro atoms. The number of hydrogen-bond donors (Lipinski definition) is 0. The van der Waals surface area contributed by atoms with Crippen LogP contribution in [0.15, 0.2) is 0 Å². The summed E-state index contributed by atoms with van der Waals surface area (Å²) in [6.45, 7) is 4.64. The normalized spacial score (nSPS) is 11.3. The van der Waals surface area contributed by atoms with E-state index in [4.69, 9.17) is 0 Å². The molecule has 0 atom stereocenters. The average molecular weight is 266 g/mol. The summed E-state index contributed by atoms with van der Waals surface area (Å²) in [5, 5.41) is 0. The second-order valence-corrected chi connectivity index (χ2v) is 6.41. The van der Waals surface area contributed by atoms with Gasteiger partial charge in [-0.1, -0.05) is 110 Å². The maximum Gasteiger partial charge on any atom is 0.101 e. The Labute approximate surface area is 124 Å². The first kappa shape index (κ1) is 19.1. The van der Waals surface area contributed by atoms with Crippen LogP contribution in [0.25, 0.3) is 0 Å². The number of hydrogen-bond acceptors (Lipinski definition) is 0. The Bertz CT molecular complexity index is 146. The molecule has 0 bridgehead atoms. The van der Waals surface area contributed by atoms with Crippen LogP contribution in [-0.4, -0.2) is 7.85 Å². The SMILES string of the molecule is BCCCCCCCC(CCCCC)CCCCC. The molecule has 0 aromatic rings. The van der Waals surface area contributed by atoms with Crippen LogP contribution in [0.3, 0.4) is 0 Å². The summed E-state index contributed by atoms with van der Waals surface area (Å²) in [5.41, 5.74) is 0. The third-order valence-corrected chi connectivity index (χ3v) is 4.40. The fourth-order valence-electron chi connectivity index (χ4n) is 3.01. The minimum absolute atomic E-state index is 1.05. The Morgan fingerprint density at radius 3 is 1.47 bits per heavy atom. The van der Waals surface area contributed by atoms with E-state index in [2.05, 4.69) is 21.7 Å². The van der Waals surface area contributed by atoms with Crippen molar-refractivity contribution in [3.8, 4) is 0 Å². The molecule has 0 N–H and O–H groups in total. The predicted octanol–water partition coefficient (Wildman–Crippen LogP) is 6.16. The molecule has 0 aliphatic rings. The topological polar surface area (TPSA) is 0 Å². The van der Waals surface area contributed by atoms with Crippen LogP contribution in [0, 0.1) is 5.92 Å². The molecule has 0 rings (SSSR count). The van der Waals surface area contributed by atoms with Gasteiger partial charge >= 0.3 is 0 Å². The Kier molecular flexibility index (Phi) is 16.2. The first-order chi connectivity index (χ1) is 9.35. The Morgan fingerprint density at radius 2 is 1.00 bits per heavy atom.